The first-order valence-corrected chi connectivity index (χ1v) is 11.3. The standard InChI is InChI=1S/C19H27BrN4O2S/c1-12-15(20)10-13-11-21-17(27-5)22-16(13)24(12)14-6-8-23(9-7-14)18(25)26-19(2,3)4/h10-12,14H,6-9H2,1-5H3. The van der Waals surface area contributed by atoms with E-state index in [1.54, 1.807) is 11.8 Å². The van der Waals surface area contributed by atoms with Crippen LogP contribution in [0.5, 0.6) is 0 Å². The van der Waals surface area contributed by atoms with Gasteiger partial charge in [-0.05, 0) is 52.9 Å². The zero-order valence-electron chi connectivity index (χ0n) is 16.5. The zero-order chi connectivity index (χ0) is 19.8. The van der Waals surface area contributed by atoms with Gasteiger partial charge in [0.25, 0.3) is 0 Å². The lowest BCUT2D eigenvalue weighted by molar-refractivity contribution is 0.0204. The third-order valence-corrected chi connectivity index (χ3v) is 6.27. The van der Waals surface area contributed by atoms with Crippen LogP contribution in [-0.2, 0) is 4.74 Å². The summed E-state index contributed by atoms with van der Waals surface area (Å²) in [6, 6.07) is 0.531. The van der Waals surface area contributed by atoms with E-state index < -0.39 is 5.60 Å². The summed E-state index contributed by atoms with van der Waals surface area (Å²) < 4.78 is 6.65. The van der Waals surface area contributed by atoms with Gasteiger partial charge in [0.05, 0.1) is 6.04 Å². The fraction of sp³-hybridized carbons (Fsp3) is 0.632. The Morgan fingerprint density at radius 3 is 2.59 bits per heavy atom. The van der Waals surface area contributed by atoms with Crippen LogP contribution < -0.4 is 4.90 Å². The number of likely N-dealkylation sites (tertiary alicyclic amines) is 1. The Morgan fingerprint density at radius 1 is 1.33 bits per heavy atom. The van der Waals surface area contributed by atoms with Gasteiger partial charge in [0.2, 0.25) is 0 Å². The Balaban J connectivity index is 1.76. The van der Waals surface area contributed by atoms with E-state index in [1.807, 2.05) is 38.1 Å². The molecule has 6 nitrogen and oxygen atoms in total. The summed E-state index contributed by atoms with van der Waals surface area (Å²) in [5.74, 6) is 0.987. The Kier molecular flexibility index (Phi) is 6.05. The summed E-state index contributed by atoms with van der Waals surface area (Å²) in [5, 5.41) is 0.781. The first-order valence-electron chi connectivity index (χ1n) is 9.24. The Bertz CT molecular complexity index is 742. The third kappa shape index (κ3) is 4.59. The molecule has 2 aliphatic heterocycles. The summed E-state index contributed by atoms with van der Waals surface area (Å²) in [6.07, 6.45) is 7.55. The van der Waals surface area contributed by atoms with E-state index in [9.17, 15) is 4.79 Å². The highest BCUT2D eigenvalue weighted by molar-refractivity contribution is 9.11. The van der Waals surface area contributed by atoms with E-state index >= 15 is 0 Å². The number of fused-ring (bicyclic) bond motifs is 1. The van der Waals surface area contributed by atoms with Crippen LogP contribution in [0.4, 0.5) is 10.6 Å². The fourth-order valence-electron chi connectivity index (χ4n) is 3.50. The number of carbonyl (C=O) groups excluding carboxylic acids is 1. The molecule has 0 N–H and O–H groups in total. The molecule has 1 unspecified atom stereocenters. The van der Waals surface area contributed by atoms with Gasteiger partial charge in [-0.3, -0.25) is 0 Å². The average molecular weight is 455 g/mol. The molecule has 0 aromatic carbocycles. The molecule has 0 spiro atoms. The lowest BCUT2D eigenvalue weighted by Crippen LogP contribution is -2.51. The number of carbonyl (C=O) groups is 1. The molecule has 0 bridgehead atoms. The van der Waals surface area contributed by atoms with Crippen LogP contribution in [0.3, 0.4) is 0 Å². The third-order valence-electron chi connectivity index (χ3n) is 4.82. The molecule has 8 heteroatoms. The lowest BCUT2D eigenvalue weighted by atomic mass is 9.98. The maximum absolute atomic E-state index is 12.3. The van der Waals surface area contributed by atoms with Crippen LogP contribution in [0.25, 0.3) is 6.08 Å². The van der Waals surface area contributed by atoms with Crippen molar-refractivity contribution in [3.63, 3.8) is 0 Å². The Labute approximate surface area is 173 Å². The van der Waals surface area contributed by atoms with Crippen LogP contribution in [0.1, 0.15) is 46.1 Å². The van der Waals surface area contributed by atoms with Gasteiger partial charge in [-0.15, -0.1) is 0 Å². The molecule has 1 aromatic rings. The zero-order valence-corrected chi connectivity index (χ0v) is 18.9. The molecule has 27 heavy (non-hydrogen) atoms. The number of piperidine rings is 1. The molecule has 3 heterocycles. The molecule has 0 radical (unpaired) electrons. The smallest absolute Gasteiger partial charge is 0.410 e. The highest BCUT2D eigenvalue weighted by Crippen LogP contribution is 2.37. The molecular formula is C19H27BrN4O2S. The number of thioether (sulfide) groups is 1. The fourth-order valence-corrected chi connectivity index (χ4v) is 4.30. The molecule has 1 fully saturated rings. The second-order valence-corrected chi connectivity index (χ2v) is 9.64. The minimum Gasteiger partial charge on any atom is -0.444 e. The van der Waals surface area contributed by atoms with Gasteiger partial charge < -0.3 is 14.5 Å². The molecule has 1 saturated heterocycles. The maximum atomic E-state index is 12.3. The van der Waals surface area contributed by atoms with Crippen molar-refractivity contribution in [3.8, 4) is 0 Å². The van der Waals surface area contributed by atoms with Crippen molar-refractivity contribution >= 4 is 45.7 Å². The SMILES string of the molecule is CSc1ncc2c(n1)N(C1CCN(C(=O)OC(C)(C)C)CC1)C(C)C(Br)=C2. The topological polar surface area (TPSA) is 58.6 Å². The maximum Gasteiger partial charge on any atom is 0.410 e. The quantitative estimate of drug-likeness (QED) is 0.482. The van der Waals surface area contributed by atoms with Crippen molar-refractivity contribution in [2.24, 2.45) is 0 Å². The predicted octanol–water partition coefficient (Wildman–Crippen LogP) is 4.54. The minimum absolute atomic E-state index is 0.209. The van der Waals surface area contributed by atoms with Gasteiger partial charge in [-0.25, -0.2) is 14.8 Å². The molecular weight excluding hydrogens is 428 g/mol. The lowest BCUT2D eigenvalue weighted by Gasteiger charge is -2.44. The first kappa shape index (κ1) is 20.5. The molecule has 0 saturated carbocycles. The van der Waals surface area contributed by atoms with Gasteiger partial charge in [0, 0.05) is 35.4 Å². The number of halogens is 1. The minimum atomic E-state index is -0.463. The van der Waals surface area contributed by atoms with Crippen molar-refractivity contribution in [2.45, 2.75) is 63.4 Å². The van der Waals surface area contributed by atoms with Crippen LogP contribution in [0, 0.1) is 0 Å². The van der Waals surface area contributed by atoms with E-state index in [2.05, 4.69) is 38.8 Å². The number of rotatable bonds is 2. The van der Waals surface area contributed by atoms with Gasteiger partial charge in [0.1, 0.15) is 11.4 Å². The number of hydrogen-bond donors (Lipinski definition) is 0. The van der Waals surface area contributed by atoms with E-state index in [-0.39, 0.29) is 12.1 Å². The molecule has 1 aromatic heterocycles. The normalized spacial score (nSPS) is 21.0. The first-order chi connectivity index (χ1) is 12.7. The van der Waals surface area contributed by atoms with E-state index in [4.69, 9.17) is 9.72 Å². The van der Waals surface area contributed by atoms with Crippen molar-refractivity contribution in [1.82, 2.24) is 14.9 Å². The highest BCUT2D eigenvalue weighted by atomic mass is 79.9. The second-order valence-electron chi connectivity index (χ2n) is 7.95. The molecule has 1 atom stereocenters. The number of anilines is 1. The van der Waals surface area contributed by atoms with E-state index in [1.165, 1.54) is 0 Å². The summed E-state index contributed by atoms with van der Waals surface area (Å²) in [6.45, 7) is 9.27. The largest absolute Gasteiger partial charge is 0.444 e. The van der Waals surface area contributed by atoms with E-state index in [0.717, 1.165) is 33.9 Å². The number of aromatic nitrogens is 2. The monoisotopic (exact) mass is 454 g/mol. The van der Waals surface area contributed by atoms with Gasteiger partial charge in [-0.1, -0.05) is 27.7 Å². The Hall–Kier alpha value is -1.28. The van der Waals surface area contributed by atoms with E-state index in [0.29, 0.717) is 19.1 Å². The highest BCUT2D eigenvalue weighted by Gasteiger charge is 2.35. The van der Waals surface area contributed by atoms with Crippen LogP contribution in [0.2, 0.25) is 0 Å². The number of amides is 1. The van der Waals surface area contributed by atoms with Crippen LogP contribution in [0.15, 0.2) is 15.8 Å². The van der Waals surface area contributed by atoms with Gasteiger partial charge in [-0.2, -0.15) is 0 Å². The van der Waals surface area contributed by atoms with Gasteiger partial charge >= 0.3 is 6.09 Å². The molecule has 3 rings (SSSR count). The molecule has 148 valence electrons. The summed E-state index contributed by atoms with van der Waals surface area (Å²) in [7, 11) is 0. The molecule has 0 aliphatic carbocycles. The number of hydrogen-bond acceptors (Lipinski definition) is 6. The number of ether oxygens (including phenoxy) is 1. The number of nitrogens with zero attached hydrogens (tertiary/aromatic N) is 4. The summed E-state index contributed by atoms with van der Waals surface area (Å²) in [4.78, 5) is 25.7. The van der Waals surface area contributed by atoms with Crippen LogP contribution in [-0.4, -0.2) is 58.0 Å². The molecule has 1 amide bonds. The molecule has 2 aliphatic rings. The predicted molar refractivity (Wildman–Crippen MR) is 113 cm³/mol. The van der Waals surface area contributed by atoms with Crippen molar-refractivity contribution in [2.75, 3.05) is 24.2 Å². The van der Waals surface area contributed by atoms with Crippen molar-refractivity contribution in [3.05, 3.63) is 16.2 Å². The summed E-state index contributed by atoms with van der Waals surface area (Å²) >= 11 is 5.26. The van der Waals surface area contributed by atoms with Crippen molar-refractivity contribution < 1.29 is 9.53 Å². The summed E-state index contributed by atoms with van der Waals surface area (Å²) in [5.41, 5.74) is 0.571. The van der Waals surface area contributed by atoms with Crippen molar-refractivity contribution in [1.29, 1.82) is 0 Å². The average Bonchev–Trinajstić information content (AvgIpc) is 2.61. The van der Waals surface area contributed by atoms with Gasteiger partial charge in [0.15, 0.2) is 5.16 Å². The second kappa shape index (κ2) is 7.99. The Morgan fingerprint density at radius 2 is 2.00 bits per heavy atom. The van der Waals surface area contributed by atoms with Crippen LogP contribution >= 0.6 is 27.7 Å².